The summed E-state index contributed by atoms with van der Waals surface area (Å²) in [6, 6.07) is 8.95. The number of phenols is 2. The number of rotatable bonds is 30. The maximum atomic E-state index is 12.5. The summed E-state index contributed by atoms with van der Waals surface area (Å²) in [6.07, 6.45) is 22.2. The molecule has 1 heterocycles. The van der Waals surface area contributed by atoms with Crippen LogP contribution in [0, 0.1) is 0 Å². The molecule has 0 spiro atoms. The predicted octanol–water partition coefficient (Wildman–Crippen LogP) is 10.7. The van der Waals surface area contributed by atoms with Gasteiger partial charge in [0.05, 0.1) is 24.3 Å². The summed E-state index contributed by atoms with van der Waals surface area (Å²) in [5, 5.41) is 21.8. The Morgan fingerprint density at radius 3 is 1.21 bits per heavy atom. The normalized spacial score (nSPS) is 12.2. The van der Waals surface area contributed by atoms with Gasteiger partial charge < -0.3 is 34.9 Å². The number of nitrogen functional groups attached to an aromatic ring is 1. The van der Waals surface area contributed by atoms with Crippen LogP contribution in [-0.4, -0.2) is 62.5 Å². The van der Waals surface area contributed by atoms with Crippen LogP contribution < -0.4 is 15.2 Å². The van der Waals surface area contributed by atoms with Crippen LogP contribution >= 0.6 is 0 Å². The van der Waals surface area contributed by atoms with Crippen LogP contribution in [0.5, 0.6) is 23.0 Å². The summed E-state index contributed by atoms with van der Waals surface area (Å²) in [7, 11) is 0. The molecule has 0 aliphatic heterocycles. The summed E-state index contributed by atoms with van der Waals surface area (Å²) >= 11 is 0. The highest BCUT2D eigenvalue weighted by atomic mass is 16.6. The first-order valence-electron chi connectivity index (χ1n) is 21.5. The summed E-state index contributed by atoms with van der Waals surface area (Å²) in [5.74, 6) is -0.878. The van der Waals surface area contributed by atoms with Crippen molar-refractivity contribution in [2.45, 2.75) is 168 Å². The third-order valence-corrected chi connectivity index (χ3v) is 9.85. The van der Waals surface area contributed by atoms with E-state index in [1.54, 1.807) is 38.1 Å². The number of phenolic OH excluding ortho intramolecular Hbond substituents is 2. The fourth-order valence-corrected chi connectivity index (χ4v) is 6.44. The van der Waals surface area contributed by atoms with Crippen molar-refractivity contribution < 1.29 is 38.7 Å². The average molecular weight is 793 g/mol. The van der Waals surface area contributed by atoms with Gasteiger partial charge in [-0.2, -0.15) is 9.97 Å². The van der Waals surface area contributed by atoms with Crippen molar-refractivity contribution in [3.05, 3.63) is 36.4 Å². The van der Waals surface area contributed by atoms with E-state index in [-0.39, 0.29) is 51.7 Å². The molecule has 12 heteroatoms. The minimum atomic E-state index is -0.879. The van der Waals surface area contributed by atoms with Crippen LogP contribution in [0.3, 0.4) is 0 Å². The first-order valence-corrected chi connectivity index (χ1v) is 21.5. The molecule has 1 aromatic heterocycles. The van der Waals surface area contributed by atoms with E-state index in [1.807, 2.05) is 0 Å². The highest BCUT2D eigenvalue weighted by molar-refractivity contribution is 5.76. The number of carbonyl (C=O) groups excluding carboxylic acids is 2. The van der Waals surface area contributed by atoms with E-state index >= 15 is 0 Å². The zero-order valence-electron chi connectivity index (χ0n) is 34.9. The van der Waals surface area contributed by atoms with Gasteiger partial charge in [0.1, 0.15) is 23.0 Å². The molecule has 0 fully saturated rings. The largest absolute Gasteiger partial charge is 0.507 e. The van der Waals surface area contributed by atoms with Crippen molar-refractivity contribution in [3.63, 3.8) is 0 Å². The number of benzene rings is 2. The van der Waals surface area contributed by atoms with E-state index in [0.29, 0.717) is 13.2 Å². The maximum absolute atomic E-state index is 12.5. The molecule has 57 heavy (non-hydrogen) atoms. The highest BCUT2D eigenvalue weighted by Gasteiger charge is 2.21. The zero-order chi connectivity index (χ0) is 41.3. The number of aromatic hydroxyl groups is 2. The smallest absolute Gasteiger partial charge is 0.347 e. The Morgan fingerprint density at radius 2 is 0.877 bits per heavy atom. The van der Waals surface area contributed by atoms with Crippen molar-refractivity contribution in [1.82, 2.24) is 15.0 Å². The fourth-order valence-electron chi connectivity index (χ4n) is 6.44. The Balaban J connectivity index is 1.45. The minimum absolute atomic E-state index is 0.0593. The second kappa shape index (κ2) is 27.1. The molecule has 12 nitrogen and oxygen atoms in total. The Kier molecular flexibility index (Phi) is 22.2. The van der Waals surface area contributed by atoms with Gasteiger partial charge in [-0.3, -0.25) is 0 Å². The van der Waals surface area contributed by atoms with Gasteiger partial charge in [-0.05, 0) is 51.0 Å². The molecule has 0 saturated carbocycles. The molecular weight excluding hydrogens is 725 g/mol. The lowest BCUT2D eigenvalue weighted by molar-refractivity contribution is -0.152. The topological polar surface area (TPSA) is 176 Å². The van der Waals surface area contributed by atoms with Gasteiger partial charge >= 0.3 is 11.9 Å². The molecule has 2 atom stereocenters. The number of anilines is 1. The number of hydrogen-bond acceptors (Lipinski definition) is 12. The van der Waals surface area contributed by atoms with Crippen molar-refractivity contribution in [3.8, 4) is 45.8 Å². The lowest BCUT2D eigenvalue weighted by Crippen LogP contribution is -2.26. The lowest BCUT2D eigenvalue weighted by atomic mass is 10.1. The van der Waals surface area contributed by atoms with Crippen molar-refractivity contribution in [2.75, 3.05) is 18.9 Å². The number of ether oxygens (including phenoxy) is 4. The third-order valence-electron chi connectivity index (χ3n) is 9.85. The summed E-state index contributed by atoms with van der Waals surface area (Å²) < 4.78 is 22.3. The van der Waals surface area contributed by atoms with Gasteiger partial charge in [-0.25, -0.2) is 14.6 Å². The monoisotopic (exact) mass is 793 g/mol. The second-order valence-corrected chi connectivity index (χ2v) is 14.9. The third kappa shape index (κ3) is 18.0. The predicted molar refractivity (Wildman–Crippen MR) is 224 cm³/mol. The van der Waals surface area contributed by atoms with E-state index in [1.165, 1.54) is 102 Å². The van der Waals surface area contributed by atoms with Gasteiger partial charge in [0, 0.05) is 12.1 Å². The molecule has 2 unspecified atom stereocenters. The standard InChI is InChI=1S/C45H68N4O8/c1-5-7-9-11-13-15-17-19-21-23-29-54-43(52)33(3)56-35-25-27-37(39(50)31-35)41-47-42(49-45(46)48-41)38-28-26-36(32-40(38)51)57-34(4)44(53)55-30-24-22-20-18-16-14-12-10-8-6-2/h25-28,31-34,50-51H,5-24,29-30H2,1-4H3,(H2,46,47,48,49). The molecule has 3 rings (SSSR count). The highest BCUT2D eigenvalue weighted by Crippen LogP contribution is 2.35. The van der Waals surface area contributed by atoms with E-state index in [4.69, 9.17) is 24.7 Å². The number of carbonyl (C=O) groups is 2. The Hall–Kier alpha value is -4.61. The van der Waals surface area contributed by atoms with Gasteiger partial charge in [-0.15, -0.1) is 0 Å². The molecule has 0 amide bonds. The molecule has 0 saturated heterocycles. The quantitative estimate of drug-likeness (QED) is 0.0431. The van der Waals surface area contributed by atoms with Crippen LogP contribution in [0.4, 0.5) is 5.95 Å². The van der Waals surface area contributed by atoms with Crippen LogP contribution in [0.15, 0.2) is 36.4 Å². The van der Waals surface area contributed by atoms with Gasteiger partial charge in [0.2, 0.25) is 5.95 Å². The molecule has 0 aliphatic carbocycles. The van der Waals surface area contributed by atoms with E-state index in [2.05, 4.69) is 28.8 Å². The summed E-state index contributed by atoms with van der Waals surface area (Å²) in [4.78, 5) is 37.9. The number of aromatic nitrogens is 3. The molecule has 0 bridgehead atoms. The Labute approximate surface area is 340 Å². The second-order valence-electron chi connectivity index (χ2n) is 14.9. The van der Waals surface area contributed by atoms with Gasteiger partial charge in [-0.1, -0.05) is 129 Å². The number of unbranched alkanes of at least 4 members (excludes halogenated alkanes) is 18. The van der Waals surface area contributed by atoms with Crippen molar-refractivity contribution in [2.24, 2.45) is 0 Å². The Morgan fingerprint density at radius 1 is 0.544 bits per heavy atom. The van der Waals surface area contributed by atoms with E-state index in [9.17, 15) is 19.8 Å². The molecule has 0 aliphatic rings. The molecule has 2 aromatic carbocycles. The summed E-state index contributed by atoms with van der Waals surface area (Å²) in [5.41, 5.74) is 6.49. The van der Waals surface area contributed by atoms with Crippen LogP contribution in [0.2, 0.25) is 0 Å². The molecule has 316 valence electrons. The van der Waals surface area contributed by atoms with Crippen molar-refractivity contribution >= 4 is 17.9 Å². The van der Waals surface area contributed by atoms with Crippen molar-refractivity contribution in [1.29, 1.82) is 0 Å². The van der Waals surface area contributed by atoms with Gasteiger partial charge in [0.25, 0.3) is 0 Å². The van der Waals surface area contributed by atoms with Crippen LogP contribution in [0.25, 0.3) is 22.8 Å². The zero-order valence-corrected chi connectivity index (χ0v) is 34.9. The SMILES string of the molecule is CCCCCCCCCCCCOC(=O)C(C)Oc1ccc(-c2nc(N)nc(-c3ccc(OC(C)C(=O)OCCCCCCCCCCCC)cc3O)n2)c(O)c1. The molecule has 3 aromatic rings. The first kappa shape index (κ1) is 46.8. The number of nitrogens with zero attached hydrogens (tertiary/aromatic N) is 3. The minimum Gasteiger partial charge on any atom is -0.507 e. The number of esters is 2. The first-order chi connectivity index (χ1) is 27.6. The van der Waals surface area contributed by atoms with E-state index in [0.717, 1.165) is 38.5 Å². The summed E-state index contributed by atoms with van der Waals surface area (Å²) in [6.45, 7) is 8.33. The molecule has 0 radical (unpaired) electrons. The number of hydrogen-bond donors (Lipinski definition) is 3. The van der Waals surface area contributed by atoms with Crippen LogP contribution in [-0.2, 0) is 19.1 Å². The van der Waals surface area contributed by atoms with Crippen LogP contribution in [0.1, 0.15) is 156 Å². The average Bonchev–Trinajstić information content (AvgIpc) is 3.18. The van der Waals surface area contributed by atoms with Gasteiger partial charge in [0.15, 0.2) is 23.9 Å². The lowest BCUT2D eigenvalue weighted by Gasteiger charge is -2.15. The molecular formula is C45H68N4O8. The molecule has 4 N–H and O–H groups in total. The maximum Gasteiger partial charge on any atom is 0.347 e. The Bertz CT molecular complexity index is 1510. The van der Waals surface area contributed by atoms with E-state index < -0.39 is 24.1 Å². The fraction of sp³-hybridized carbons (Fsp3) is 0.622. The number of nitrogens with two attached hydrogens (primary N) is 1.